The van der Waals surface area contributed by atoms with Gasteiger partial charge in [0.2, 0.25) is 0 Å². The van der Waals surface area contributed by atoms with Gasteiger partial charge in [-0.05, 0) is 55.0 Å². The minimum Gasteiger partial charge on any atom is -0.341 e. The van der Waals surface area contributed by atoms with Crippen LogP contribution in [0.5, 0.6) is 0 Å². The zero-order chi connectivity index (χ0) is 33.9. The van der Waals surface area contributed by atoms with E-state index in [1.165, 1.54) is 23.1 Å². The summed E-state index contributed by atoms with van der Waals surface area (Å²) in [4.78, 5) is 30.8. The summed E-state index contributed by atoms with van der Waals surface area (Å²) in [5, 5.41) is 15.2. The van der Waals surface area contributed by atoms with E-state index < -0.39 is 47.3 Å². The Morgan fingerprint density at radius 3 is 2.26 bits per heavy atom. The molecule has 7 nitrogen and oxygen atoms in total. The number of benzene rings is 3. The Morgan fingerprint density at radius 1 is 0.979 bits per heavy atom. The largest absolute Gasteiger partial charge is 0.416 e. The Hall–Kier alpha value is -4.65. The molecule has 2 heterocycles. The second-order valence-electron chi connectivity index (χ2n) is 11.5. The highest BCUT2D eigenvalue weighted by molar-refractivity contribution is 6.07. The van der Waals surface area contributed by atoms with E-state index in [9.17, 15) is 41.3 Å². The summed E-state index contributed by atoms with van der Waals surface area (Å²) in [6.07, 6.45) is -5.48. The van der Waals surface area contributed by atoms with Crippen molar-refractivity contribution in [2.24, 2.45) is 0 Å². The Morgan fingerprint density at radius 2 is 1.64 bits per heavy atom. The topological polar surface area (TPSA) is 88.5 Å². The number of alkyl halides is 5. The van der Waals surface area contributed by atoms with E-state index in [-0.39, 0.29) is 61.7 Å². The smallest absolute Gasteiger partial charge is 0.341 e. The molecule has 1 unspecified atom stereocenters. The molecule has 0 aromatic heterocycles. The highest BCUT2D eigenvalue weighted by Gasteiger charge is 2.45. The number of anilines is 1. The number of carbonyl (C=O) groups is 2. The van der Waals surface area contributed by atoms with Gasteiger partial charge in [0, 0.05) is 61.8 Å². The SMILES string of the molecule is CCN1C(=O)C(NC(=O)c2cccc(C(F)(F)F)c2)[C@@H](c2ccc(F)cc2)C(C(=N)CN2CCC(F)(F)CC2)=C1Nc1ccccc1. The van der Waals surface area contributed by atoms with Gasteiger partial charge in [0.15, 0.2) is 0 Å². The fraction of sp³-hybridized carbons (Fsp3) is 0.324. The summed E-state index contributed by atoms with van der Waals surface area (Å²) in [5.41, 5.74) is -0.255. The lowest BCUT2D eigenvalue weighted by Crippen LogP contribution is -2.57. The van der Waals surface area contributed by atoms with Gasteiger partial charge in [-0.25, -0.2) is 13.2 Å². The molecule has 1 saturated heterocycles. The number of hydrogen-bond donors (Lipinski definition) is 3. The summed E-state index contributed by atoms with van der Waals surface area (Å²) in [5.74, 6) is -5.85. The molecule has 0 bridgehead atoms. The molecule has 2 aliphatic rings. The first kappa shape index (κ1) is 33.7. The molecule has 1 fully saturated rings. The van der Waals surface area contributed by atoms with Crippen LogP contribution in [-0.4, -0.2) is 65.5 Å². The third-order valence-electron chi connectivity index (χ3n) is 8.32. The number of carbonyl (C=O) groups excluding carboxylic acids is 2. The molecule has 47 heavy (non-hydrogen) atoms. The fourth-order valence-corrected chi connectivity index (χ4v) is 5.90. The molecule has 13 heteroatoms. The molecule has 3 aromatic rings. The fourth-order valence-electron chi connectivity index (χ4n) is 5.90. The molecule has 5 rings (SSSR count). The number of likely N-dealkylation sites (tertiary alicyclic amines) is 1. The molecule has 0 saturated carbocycles. The van der Waals surface area contributed by atoms with Crippen molar-refractivity contribution in [1.29, 1.82) is 5.41 Å². The van der Waals surface area contributed by atoms with Gasteiger partial charge < -0.3 is 16.0 Å². The van der Waals surface area contributed by atoms with Gasteiger partial charge in [-0.15, -0.1) is 0 Å². The average Bonchev–Trinajstić information content (AvgIpc) is 3.04. The van der Waals surface area contributed by atoms with Gasteiger partial charge in [0.05, 0.1) is 11.3 Å². The maximum absolute atomic E-state index is 14.2. The lowest BCUT2D eigenvalue weighted by atomic mass is 9.78. The van der Waals surface area contributed by atoms with E-state index in [0.717, 1.165) is 24.3 Å². The predicted molar refractivity (Wildman–Crippen MR) is 165 cm³/mol. The van der Waals surface area contributed by atoms with Gasteiger partial charge in [0.1, 0.15) is 17.7 Å². The second-order valence-corrected chi connectivity index (χ2v) is 11.5. The van der Waals surface area contributed by atoms with Crippen LogP contribution in [0.1, 0.15) is 47.2 Å². The highest BCUT2D eigenvalue weighted by Crippen LogP contribution is 2.39. The van der Waals surface area contributed by atoms with Crippen molar-refractivity contribution < 1.29 is 35.9 Å². The number of piperidine rings is 1. The van der Waals surface area contributed by atoms with Gasteiger partial charge in [0.25, 0.3) is 17.7 Å². The minimum atomic E-state index is -4.71. The van der Waals surface area contributed by atoms with Crippen LogP contribution < -0.4 is 10.6 Å². The van der Waals surface area contributed by atoms with Gasteiger partial charge in [-0.3, -0.25) is 19.4 Å². The molecule has 2 aliphatic heterocycles. The van der Waals surface area contributed by atoms with Crippen LogP contribution in [0.15, 0.2) is 90.3 Å². The van der Waals surface area contributed by atoms with Gasteiger partial charge >= 0.3 is 6.18 Å². The van der Waals surface area contributed by atoms with Crippen LogP contribution >= 0.6 is 0 Å². The lowest BCUT2D eigenvalue weighted by Gasteiger charge is -2.42. The van der Waals surface area contributed by atoms with Crippen molar-refractivity contribution in [3.63, 3.8) is 0 Å². The predicted octanol–water partition coefficient (Wildman–Crippen LogP) is 6.66. The van der Waals surface area contributed by atoms with Crippen LogP contribution in [0, 0.1) is 11.2 Å². The van der Waals surface area contributed by atoms with Crippen molar-refractivity contribution in [2.75, 3.05) is 31.5 Å². The number of nitrogens with zero attached hydrogens (tertiary/aromatic N) is 2. The number of rotatable bonds is 9. The zero-order valence-electron chi connectivity index (χ0n) is 25.4. The molecular weight excluding hydrogens is 624 g/mol. The zero-order valence-corrected chi connectivity index (χ0v) is 25.4. The van der Waals surface area contributed by atoms with Crippen LogP contribution in [-0.2, 0) is 11.0 Å². The maximum atomic E-state index is 14.2. The Kier molecular flexibility index (Phi) is 9.76. The second kappa shape index (κ2) is 13.6. The first-order valence-electron chi connectivity index (χ1n) is 15.1. The molecule has 0 aliphatic carbocycles. The number of para-hydroxylation sites is 1. The first-order chi connectivity index (χ1) is 22.3. The molecular formula is C34H33F6N5O2. The standard InChI is InChI=1S/C34H33F6N5O2/c1-2-45-30(42-25-9-4-3-5-10-25)28(26(41)20-44-17-15-33(36,37)16-18-44)27(21-11-13-24(35)14-12-21)29(32(45)47)43-31(46)22-7-6-8-23(19-22)34(38,39)40/h3-14,19,27,29,41-42H,2,15-18,20H2,1H3,(H,43,46)/t27-,29?/m0/s1. The Labute approximate surface area is 267 Å². The summed E-state index contributed by atoms with van der Waals surface area (Å²) in [7, 11) is 0. The van der Waals surface area contributed by atoms with Crippen molar-refractivity contribution in [1.82, 2.24) is 15.1 Å². The quantitative estimate of drug-likeness (QED) is 0.177. The third-order valence-corrected chi connectivity index (χ3v) is 8.32. The van der Waals surface area contributed by atoms with E-state index in [1.807, 2.05) is 0 Å². The normalized spacial score (nSPS) is 20.2. The number of likely N-dealkylation sites (N-methyl/N-ethyl adjacent to an activating group) is 1. The molecule has 3 N–H and O–H groups in total. The van der Waals surface area contributed by atoms with Crippen molar-refractivity contribution in [3.8, 4) is 0 Å². The molecule has 3 aromatic carbocycles. The summed E-state index contributed by atoms with van der Waals surface area (Å²) >= 11 is 0. The lowest BCUT2D eigenvalue weighted by molar-refractivity contribution is -0.137. The van der Waals surface area contributed by atoms with Crippen LogP contribution in [0.3, 0.4) is 0 Å². The Balaban J connectivity index is 1.63. The third kappa shape index (κ3) is 7.67. The summed E-state index contributed by atoms with van der Waals surface area (Å²) in [6, 6.07) is 16.3. The number of halogens is 6. The van der Waals surface area contributed by atoms with Gasteiger partial charge in [-0.1, -0.05) is 36.4 Å². The van der Waals surface area contributed by atoms with Crippen molar-refractivity contribution in [3.05, 3.63) is 113 Å². The summed E-state index contributed by atoms with van der Waals surface area (Å²) in [6.45, 7) is 1.74. The summed E-state index contributed by atoms with van der Waals surface area (Å²) < 4.78 is 82.4. The van der Waals surface area contributed by atoms with Crippen LogP contribution in [0.4, 0.5) is 32.0 Å². The van der Waals surface area contributed by atoms with Crippen LogP contribution in [0.25, 0.3) is 0 Å². The highest BCUT2D eigenvalue weighted by atomic mass is 19.4. The molecule has 2 amide bonds. The minimum absolute atomic E-state index is 0.0253. The van der Waals surface area contributed by atoms with E-state index in [1.54, 1.807) is 42.2 Å². The van der Waals surface area contributed by atoms with E-state index in [4.69, 9.17) is 0 Å². The van der Waals surface area contributed by atoms with Crippen molar-refractivity contribution in [2.45, 2.75) is 43.8 Å². The number of hydrogen-bond acceptors (Lipinski definition) is 5. The van der Waals surface area contributed by atoms with E-state index in [2.05, 4.69) is 10.6 Å². The Bertz CT molecular complexity index is 1650. The molecule has 0 radical (unpaired) electrons. The van der Waals surface area contributed by atoms with Crippen LogP contribution in [0.2, 0.25) is 0 Å². The molecule has 0 spiro atoms. The first-order valence-corrected chi connectivity index (χ1v) is 15.1. The maximum Gasteiger partial charge on any atom is 0.416 e. The average molecular weight is 658 g/mol. The molecule has 2 atom stereocenters. The number of nitrogens with one attached hydrogen (secondary N) is 3. The number of amides is 2. The van der Waals surface area contributed by atoms with Gasteiger partial charge in [-0.2, -0.15) is 13.2 Å². The van der Waals surface area contributed by atoms with Crippen molar-refractivity contribution >= 4 is 23.2 Å². The van der Waals surface area contributed by atoms with E-state index >= 15 is 0 Å². The molecule has 248 valence electrons. The van der Waals surface area contributed by atoms with E-state index in [0.29, 0.717) is 17.3 Å². The monoisotopic (exact) mass is 657 g/mol.